The molecule has 1 aromatic heterocycles. The second kappa shape index (κ2) is 4.52. The van der Waals surface area contributed by atoms with Gasteiger partial charge in [-0.05, 0) is 12.8 Å². The number of nitrogens with one attached hydrogen (secondary N) is 1. The van der Waals surface area contributed by atoms with Crippen LogP contribution in [-0.4, -0.2) is 34.9 Å². The molecule has 1 fully saturated rings. The van der Waals surface area contributed by atoms with E-state index in [4.69, 9.17) is 10.5 Å². The van der Waals surface area contributed by atoms with Gasteiger partial charge in [0.15, 0.2) is 5.69 Å². The molecule has 3 N–H and O–H groups in total. The summed E-state index contributed by atoms with van der Waals surface area (Å²) in [6, 6.07) is 0. The van der Waals surface area contributed by atoms with Crippen LogP contribution in [0, 0.1) is 0 Å². The summed E-state index contributed by atoms with van der Waals surface area (Å²) in [6.07, 6.45) is 3.81. The Morgan fingerprint density at radius 1 is 1.81 bits per heavy atom. The summed E-state index contributed by atoms with van der Waals surface area (Å²) in [7, 11) is 1.73. The average molecular weight is 224 g/mol. The van der Waals surface area contributed by atoms with Gasteiger partial charge in [0.05, 0.1) is 11.8 Å². The van der Waals surface area contributed by atoms with Crippen LogP contribution in [0.2, 0.25) is 0 Å². The molecule has 0 aromatic carbocycles. The van der Waals surface area contributed by atoms with E-state index in [0.29, 0.717) is 12.2 Å². The zero-order valence-electron chi connectivity index (χ0n) is 9.27. The Labute approximate surface area is 93.8 Å². The first-order chi connectivity index (χ1) is 7.66. The van der Waals surface area contributed by atoms with Crippen molar-refractivity contribution in [1.82, 2.24) is 15.1 Å². The van der Waals surface area contributed by atoms with E-state index >= 15 is 0 Å². The van der Waals surface area contributed by atoms with E-state index in [9.17, 15) is 4.79 Å². The molecular weight excluding hydrogens is 208 g/mol. The lowest BCUT2D eigenvalue weighted by atomic mass is 10.2. The molecule has 1 aliphatic heterocycles. The van der Waals surface area contributed by atoms with Crippen LogP contribution in [0.15, 0.2) is 6.20 Å². The Morgan fingerprint density at radius 3 is 3.19 bits per heavy atom. The molecule has 0 spiro atoms. The fourth-order valence-corrected chi connectivity index (χ4v) is 1.78. The maximum absolute atomic E-state index is 11.7. The molecule has 0 aliphatic carbocycles. The second-order valence-corrected chi connectivity index (χ2v) is 3.95. The lowest BCUT2D eigenvalue weighted by molar-refractivity contribution is 0.0854. The standard InChI is InChI=1S/C10H16N4O2/c1-14-6-8(11)9(13-14)10(15)12-5-7-3-2-4-16-7/h6-7H,2-5,11H2,1H3,(H,12,15)/t7-/m0/s1. The summed E-state index contributed by atoms with van der Waals surface area (Å²) in [5, 5.41) is 6.77. The van der Waals surface area contributed by atoms with Crippen molar-refractivity contribution in [3.63, 3.8) is 0 Å². The predicted molar refractivity (Wildman–Crippen MR) is 58.9 cm³/mol. The minimum atomic E-state index is -0.242. The zero-order chi connectivity index (χ0) is 11.5. The lowest BCUT2D eigenvalue weighted by Gasteiger charge is -2.09. The fourth-order valence-electron chi connectivity index (χ4n) is 1.78. The number of nitrogens with two attached hydrogens (primary N) is 1. The van der Waals surface area contributed by atoms with Gasteiger partial charge in [-0.2, -0.15) is 5.10 Å². The number of aromatic nitrogens is 2. The van der Waals surface area contributed by atoms with E-state index in [1.165, 1.54) is 4.68 Å². The van der Waals surface area contributed by atoms with E-state index < -0.39 is 0 Å². The van der Waals surface area contributed by atoms with Crippen LogP contribution in [0.25, 0.3) is 0 Å². The van der Waals surface area contributed by atoms with Gasteiger partial charge in [-0.3, -0.25) is 9.48 Å². The Kier molecular flexibility index (Phi) is 3.09. The molecule has 1 aromatic rings. The van der Waals surface area contributed by atoms with Gasteiger partial charge in [0, 0.05) is 26.4 Å². The molecular formula is C10H16N4O2. The molecule has 16 heavy (non-hydrogen) atoms. The molecule has 88 valence electrons. The first-order valence-electron chi connectivity index (χ1n) is 5.35. The lowest BCUT2D eigenvalue weighted by Crippen LogP contribution is -2.32. The molecule has 6 heteroatoms. The van der Waals surface area contributed by atoms with Crippen molar-refractivity contribution in [3.8, 4) is 0 Å². The SMILES string of the molecule is Cn1cc(N)c(C(=O)NC[C@@H]2CCCO2)n1. The molecule has 0 unspecified atom stereocenters. The molecule has 0 saturated carbocycles. The molecule has 1 atom stereocenters. The zero-order valence-corrected chi connectivity index (χ0v) is 9.27. The second-order valence-electron chi connectivity index (χ2n) is 3.95. The van der Waals surface area contributed by atoms with Crippen molar-refractivity contribution in [2.75, 3.05) is 18.9 Å². The van der Waals surface area contributed by atoms with Crippen LogP contribution >= 0.6 is 0 Å². The smallest absolute Gasteiger partial charge is 0.274 e. The molecule has 0 radical (unpaired) electrons. The highest BCUT2D eigenvalue weighted by Crippen LogP contribution is 2.11. The van der Waals surface area contributed by atoms with Crippen LogP contribution < -0.4 is 11.1 Å². The van der Waals surface area contributed by atoms with Gasteiger partial charge in [-0.1, -0.05) is 0 Å². The van der Waals surface area contributed by atoms with Crippen LogP contribution in [-0.2, 0) is 11.8 Å². The number of rotatable bonds is 3. The van der Waals surface area contributed by atoms with Gasteiger partial charge < -0.3 is 15.8 Å². The monoisotopic (exact) mass is 224 g/mol. The fraction of sp³-hybridized carbons (Fsp3) is 0.600. The maximum atomic E-state index is 11.7. The number of amides is 1. The number of aryl methyl sites for hydroxylation is 1. The van der Waals surface area contributed by atoms with Crippen molar-refractivity contribution in [1.29, 1.82) is 0 Å². The van der Waals surface area contributed by atoms with Crippen molar-refractivity contribution in [3.05, 3.63) is 11.9 Å². The quantitative estimate of drug-likeness (QED) is 0.751. The Bertz CT molecular complexity index is 382. The highest BCUT2D eigenvalue weighted by Gasteiger charge is 2.18. The topological polar surface area (TPSA) is 82.2 Å². The van der Waals surface area contributed by atoms with E-state index in [1.54, 1.807) is 13.2 Å². The third-order valence-electron chi connectivity index (χ3n) is 2.59. The number of anilines is 1. The number of hydrogen-bond acceptors (Lipinski definition) is 4. The molecule has 2 rings (SSSR count). The molecule has 1 saturated heterocycles. The first-order valence-corrected chi connectivity index (χ1v) is 5.35. The van der Waals surface area contributed by atoms with Gasteiger partial charge in [-0.25, -0.2) is 0 Å². The highest BCUT2D eigenvalue weighted by molar-refractivity contribution is 5.96. The minimum Gasteiger partial charge on any atom is -0.396 e. The number of carbonyl (C=O) groups is 1. The van der Waals surface area contributed by atoms with E-state index in [0.717, 1.165) is 19.4 Å². The summed E-state index contributed by atoms with van der Waals surface area (Å²) >= 11 is 0. The summed E-state index contributed by atoms with van der Waals surface area (Å²) < 4.78 is 6.93. The first kappa shape index (κ1) is 10.9. The summed E-state index contributed by atoms with van der Waals surface area (Å²) in [4.78, 5) is 11.7. The number of carbonyl (C=O) groups excluding carboxylic acids is 1. The van der Waals surface area contributed by atoms with Gasteiger partial charge >= 0.3 is 0 Å². The molecule has 0 bridgehead atoms. The van der Waals surface area contributed by atoms with Crippen LogP contribution in [0.5, 0.6) is 0 Å². The number of nitrogen functional groups attached to an aromatic ring is 1. The van der Waals surface area contributed by atoms with Gasteiger partial charge in [0.25, 0.3) is 5.91 Å². The van der Waals surface area contributed by atoms with Crippen LogP contribution in [0.3, 0.4) is 0 Å². The summed E-state index contributed by atoms with van der Waals surface area (Å²) in [5.41, 5.74) is 6.32. The third kappa shape index (κ3) is 2.33. The number of nitrogens with zero attached hydrogens (tertiary/aromatic N) is 2. The molecule has 1 amide bonds. The predicted octanol–water partition coefficient (Wildman–Crippen LogP) is -0.0889. The summed E-state index contributed by atoms with van der Waals surface area (Å²) in [5.74, 6) is -0.242. The van der Waals surface area contributed by atoms with Gasteiger partial charge in [0.1, 0.15) is 0 Å². The van der Waals surface area contributed by atoms with Crippen LogP contribution in [0.4, 0.5) is 5.69 Å². The van der Waals surface area contributed by atoms with Crippen molar-refractivity contribution < 1.29 is 9.53 Å². The van der Waals surface area contributed by atoms with E-state index in [-0.39, 0.29) is 17.7 Å². The maximum Gasteiger partial charge on any atom is 0.274 e. The van der Waals surface area contributed by atoms with Crippen molar-refractivity contribution in [2.45, 2.75) is 18.9 Å². The largest absolute Gasteiger partial charge is 0.396 e. The van der Waals surface area contributed by atoms with Gasteiger partial charge in [0.2, 0.25) is 0 Å². The van der Waals surface area contributed by atoms with Crippen molar-refractivity contribution >= 4 is 11.6 Å². The van der Waals surface area contributed by atoms with Crippen LogP contribution in [0.1, 0.15) is 23.3 Å². The summed E-state index contributed by atoms with van der Waals surface area (Å²) in [6.45, 7) is 1.31. The van der Waals surface area contributed by atoms with Gasteiger partial charge in [-0.15, -0.1) is 0 Å². The van der Waals surface area contributed by atoms with E-state index in [2.05, 4.69) is 10.4 Å². The molecule has 2 heterocycles. The number of ether oxygens (including phenoxy) is 1. The Hall–Kier alpha value is -1.56. The Morgan fingerprint density at radius 2 is 2.62 bits per heavy atom. The highest BCUT2D eigenvalue weighted by atomic mass is 16.5. The Balaban J connectivity index is 1.90. The van der Waals surface area contributed by atoms with E-state index in [1.807, 2.05) is 0 Å². The molecule has 1 aliphatic rings. The third-order valence-corrected chi connectivity index (χ3v) is 2.59. The van der Waals surface area contributed by atoms with Crippen molar-refractivity contribution in [2.24, 2.45) is 7.05 Å². The normalized spacial score (nSPS) is 19.9. The average Bonchev–Trinajstić information content (AvgIpc) is 2.84. The number of hydrogen-bond donors (Lipinski definition) is 2. The minimum absolute atomic E-state index is 0.133. The molecule has 6 nitrogen and oxygen atoms in total.